The first-order chi connectivity index (χ1) is 14.5. The van der Waals surface area contributed by atoms with Crippen LogP contribution in [-0.2, 0) is 16.1 Å². The first-order valence-electron chi connectivity index (χ1n) is 9.69. The molecule has 0 spiro atoms. The van der Waals surface area contributed by atoms with Gasteiger partial charge in [-0.3, -0.25) is 14.5 Å². The van der Waals surface area contributed by atoms with Crippen LogP contribution in [0.1, 0.15) is 22.3 Å². The Kier molecular flexibility index (Phi) is 5.42. The van der Waals surface area contributed by atoms with E-state index in [9.17, 15) is 9.59 Å². The van der Waals surface area contributed by atoms with Crippen LogP contribution in [0.4, 0.5) is 5.69 Å². The first-order valence-corrected chi connectivity index (χ1v) is 10.1. The average Bonchev–Trinajstić information content (AvgIpc) is 2.97. The number of hydrogen-bond donors (Lipinski definition) is 1. The monoisotopic (exact) mass is 416 g/mol. The number of hydrogen-bond acceptors (Lipinski definition) is 3. The molecule has 2 amide bonds. The molecule has 3 aromatic carbocycles. The van der Waals surface area contributed by atoms with Gasteiger partial charge < -0.3 is 5.32 Å². The summed E-state index contributed by atoms with van der Waals surface area (Å²) in [5.41, 5.74) is 4.94. The summed E-state index contributed by atoms with van der Waals surface area (Å²) in [6.07, 6.45) is 0. The molecule has 0 aromatic heterocycles. The molecule has 0 radical (unpaired) electrons. The molecule has 0 saturated heterocycles. The Morgan fingerprint density at radius 3 is 2.30 bits per heavy atom. The molecule has 0 unspecified atom stereocenters. The Labute approximate surface area is 180 Å². The lowest BCUT2D eigenvalue weighted by Crippen LogP contribution is -2.32. The molecule has 4 rings (SSSR count). The minimum absolute atomic E-state index is 0.117. The number of nitrogens with zero attached hydrogens (tertiary/aromatic N) is 1. The number of nitrogens with one attached hydrogen (secondary N) is 1. The number of carbonyl (C=O) groups is 2. The fourth-order valence-electron chi connectivity index (χ4n) is 3.51. The summed E-state index contributed by atoms with van der Waals surface area (Å²) < 4.78 is 0. The Morgan fingerprint density at radius 2 is 1.57 bits per heavy atom. The van der Waals surface area contributed by atoms with Crippen molar-refractivity contribution in [1.29, 1.82) is 0 Å². The summed E-state index contributed by atoms with van der Waals surface area (Å²) in [5, 5.41) is 3.77. The summed E-state index contributed by atoms with van der Waals surface area (Å²) in [6.45, 7) is 4.07. The maximum Gasteiger partial charge on any atom is 0.278 e. The van der Waals surface area contributed by atoms with Gasteiger partial charge in [0.05, 0.1) is 12.1 Å². The van der Waals surface area contributed by atoms with E-state index in [1.165, 1.54) is 4.90 Å². The molecule has 1 heterocycles. The lowest BCUT2D eigenvalue weighted by Gasteiger charge is -2.16. The molecular weight excluding hydrogens is 396 g/mol. The van der Waals surface area contributed by atoms with E-state index in [1.54, 1.807) is 6.07 Å². The molecule has 3 aromatic rings. The highest BCUT2D eigenvalue weighted by molar-refractivity contribution is 6.36. The molecule has 4 nitrogen and oxygen atoms in total. The van der Waals surface area contributed by atoms with Gasteiger partial charge in [-0.05, 0) is 48.2 Å². The molecule has 150 valence electrons. The van der Waals surface area contributed by atoms with Gasteiger partial charge in [-0.15, -0.1) is 0 Å². The van der Waals surface area contributed by atoms with E-state index in [2.05, 4.69) is 5.32 Å². The van der Waals surface area contributed by atoms with Gasteiger partial charge >= 0.3 is 0 Å². The number of amides is 2. The van der Waals surface area contributed by atoms with Crippen molar-refractivity contribution in [3.05, 3.63) is 106 Å². The smallest absolute Gasteiger partial charge is 0.278 e. The second-order valence-electron chi connectivity index (χ2n) is 7.35. The molecule has 1 aliphatic rings. The van der Waals surface area contributed by atoms with Crippen molar-refractivity contribution in [1.82, 2.24) is 4.90 Å². The fourth-order valence-corrected chi connectivity index (χ4v) is 3.71. The summed E-state index contributed by atoms with van der Waals surface area (Å²) in [6, 6.07) is 22.5. The minimum Gasteiger partial charge on any atom is -0.350 e. The first kappa shape index (κ1) is 19.9. The molecule has 30 heavy (non-hydrogen) atoms. The van der Waals surface area contributed by atoms with Gasteiger partial charge in [0.15, 0.2) is 0 Å². The third-order valence-electron chi connectivity index (χ3n) is 5.17. The van der Waals surface area contributed by atoms with Gasteiger partial charge in [0.1, 0.15) is 5.70 Å². The van der Waals surface area contributed by atoms with E-state index in [0.717, 1.165) is 22.4 Å². The number of halogens is 1. The summed E-state index contributed by atoms with van der Waals surface area (Å²) in [7, 11) is 0. The zero-order valence-corrected chi connectivity index (χ0v) is 17.5. The molecule has 0 bridgehead atoms. The van der Waals surface area contributed by atoms with Crippen LogP contribution in [0.5, 0.6) is 0 Å². The predicted octanol–water partition coefficient (Wildman–Crippen LogP) is 5.35. The van der Waals surface area contributed by atoms with E-state index in [0.29, 0.717) is 16.2 Å². The zero-order chi connectivity index (χ0) is 21.3. The summed E-state index contributed by atoms with van der Waals surface area (Å²) >= 11 is 6.28. The highest BCUT2D eigenvalue weighted by Crippen LogP contribution is 2.33. The molecule has 0 aliphatic carbocycles. The Balaban J connectivity index is 1.77. The van der Waals surface area contributed by atoms with Crippen molar-refractivity contribution in [3.8, 4) is 0 Å². The maximum atomic E-state index is 13.4. The zero-order valence-electron chi connectivity index (χ0n) is 16.8. The van der Waals surface area contributed by atoms with E-state index >= 15 is 0 Å². The van der Waals surface area contributed by atoms with Crippen molar-refractivity contribution < 1.29 is 9.59 Å². The SMILES string of the molecule is Cc1ccc(C)c(NC2=C(c3ccccc3)C(=O)N(Cc3ccccc3Cl)C2=O)c1. The number of benzene rings is 3. The van der Waals surface area contributed by atoms with Gasteiger partial charge in [-0.25, -0.2) is 0 Å². The second kappa shape index (κ2) is 8.17. The van der Waals surface area contributed by atoms with Crippen LogP contribution in [-0.4, -0.2) is 16.7 Å². The number of imide groups is 1. The number of anilines is 1. The van der Waals surface area contributed by atoms with Crippen molar-refractivity contribution in [2.24, 2.45) is 0 Å². The van der Waals surface area contributed by atoms with Crippen LogP contribution < -0.4 is 5.32 Å². The van der Waals surface area contributed by atoms with Crippen LogP contribution in [0.3, 0.4) is 0 Å². The van der Waals surface area contributed by atoms with E-state index in [-0.39, 0.29) is 24.1 Å². The number of rotatable bonds is 5. The molecule has 0 fully saturated rings. The third kappa shape index (κ3) is 3.74. The van der Waals surface area contributed by atoms with Gasteiger partial charge in [0, 0.05) is 10.7 Å². The molecule has 0 atom stereocenters. The number of carbonyl (C=O) groups excluding carboxylic acids is 2. The van der Waals surface area contributed by atoms with Gasteiger partial charge in [-0.2, -0.15) is 0 Å². The summed E-state index contributed by atoms with van der Waals surface area (Å²) in [5.74, 6) is -0.696. The highest BCUT2D eigenvalue weighted by atomic mass is 35.5. The van der Waals surface area contributed by atoms with Crippen LogP contribution in [0.15, 0.2) is 78.5 Å². The van der Waals surface area contributed by atoms with Crippen LogP contribution in [0.2, 0.25) is 5.02 Å². The molecule has 1 N–H and O–H groups in total. The van der Waals surface area contributed by atoms with Gasteiger partial charge in [-0.1, -0.05) is 72.3 Å². The Bertz CT molecular complexity index is 1170. The molecule has 0 saturated carbocycles. The fraction of sp³-hybridized carbons (Fsp3) is 0.120. The lowest BCUT2D eigenvalue weighted by molar-refractivity contribution is -0.137. The lowest BCUT2D eigenvalue weighted by atomic mass is 10.0. The van der Waals surface area contributed by atoms with Gasteiger partial charge in [0.25, 0.3) is 11.8 Å². The topological polar surface area (TPSA) is 49.4 Å². The molecule has 5 heteroatoms. The second-order valence-corrected chi connectivity index (χ2v) is 7.75. The van der Waals surface area contributed by atoms with E-state index in [4.69, 9.17) is 11.6 Å². The minimum atomic E-state index is -0.361. The van der Waals surface area contributed by atoms with E-state index < -0.39 is 0 Å². The van der Waals surface area contributed by atoms with Gasteiger partial charge in [0.2, 0.25) is 0 Å². The van der Waals surface area contributed by atoms with Crippen molar-refractivity contribution >= 4 is 34.7 Å². The highest BCUT2D eigenvalue weighted by Gasteiger charge is 2.39. The number of aryl methyl sites for hydroxylation is 2. The Morgan fingerprint density at radius 1 is 0.867 bits per heavy atom. The maximum absolute atomic E-state index is 13.4. The third-order valence-corrected chi connectivity index (χ3v) is 5.54. The van der Waals surface area contributed by atoms with Crippen molar-refractivity contribution in [3.63, 3.8) is 0 Å². The van der Waals surface area contributed by atoms with Crippen LogP contribution in [0.25, 0.3) is 5.57 Å². The average molecular weight is 417 g/mol. The van der Waals surface area contributed by atoms with Crippen molar-refractivity contribution in [2.75, 3.05) is 5.32 Å². The molecular formula is C25H21ClN2O2. The predicted molar refractivity (Wildman–Crippen MR) is 120 cm³/mol. The normalized spacial score (nSPS) is 13.9. The van der Waals surface area contributed by atoms with Crippen LogP contribution in [0, 0.1) is 13.8 Å². The quantitative estimate of drug-likeness (QED) is 0.570. The summed E-state index contributed by atoms with van der Waals surface area (Å²) in [4.78, 5) is 28.0. The largest absolute Gasteiger partial charge is 0.350 e. The van der Waals surface area contributed by atoms with Crippen molar-refractivity contribution in [2.45, 2.75) is 20.4 Å². The Hall–Kier alpha value is -3.37. The van der Waals surface area contributed by atoms with Crippen LogP contribution >= 0.6 is 11.6 Å². The molecule has 1 aliphatic heterocycles. The standard InChI is InChI=1S/C25H21ClN2O2/c1-16-12-13-17(2)21(14-16)27-23-22(18-8-4-3-5-9-18)24(29)28(25(23)30)15-19-10-6-7-11-20(19)26/h3-14,27H,15H2,1-2H3. The van der Waals surface area contributed by atoms with E-state index in [1.807, 2.05) is 80.6 Å².